The lowest BCUT2D eigenvalue weighted by atomic mass is 9.94. The molecule has 1 atom stereocenters. The zero-order valence-corrected chi connectivity index (χ0v) is 12.1. The Labute approximate surface area is 121 Å². The molecule has 2 aliphatic rings. The van der Waals surface area contributed by atoms with Gasteiger partial charge in [-0.2, -0.15) is 5.10 Å². The maximum atomic E-state index is 11.5. The normalized spacial score (nSPS) is 21.7. The Morgan fingerprint density at radius 2 is 2.10 bits per heavy atom. The number of thioether (sulfide) groups is 1. The van der Waals surface area contributed by atoms with E-state index >= 15 is 0 Å². The number of amides is 2. The second-order valence-corrected chi connectivity index (χ2v) is 6.35. The number of rotatable bonds is 1. The van der Waals surface area contributed by atoms with Gasteiger partial charge in [-0.05, 0) is 49.1 Å². The van der Waals surface area contributed by atoms with Crippen molar-refractivity contribution in [3.63, 3.8) is 0 Å². The number of benzene rings is 1. The summed E-state index contributed by atoms with van der Waals surface area (Å²) in [5.74, 6) is 0.0690. The second-order valence-electron chi connectivity index (χ2n) is 5.03. The predicted molar refractivity (Wildman–Crippen MR) is 80.3 cm³/mol. The van der Waals surface area contributed by atoms with Crippen molar-refractivity contribution < 1.29 is 9.59 Å². The molecule has 0 fully saturated rings. The van der Waals surface area contributed by atoms with E-state index in [2.05, 4.69) is 21.9 Å². The van der Waals surface area contributed by atoms with Crippen molar-refractivity contribution in [2.45, 2.75) is 31.9 Å². The van der Waals surface area contributed by atoms with Gasteiger partial charge in [0.15, 0.2) is 0 Å². The molecule has 0 aliphatic carbocycles. The van der Waals surface area contributed by atoms with Gasteiger partial charge >= 0.3 is 0 Å². The summed E-state index contributed by atoms with van der Waals surface area (Å²) < 4.78 is 0. The van der Waals surface area contributed by atoms with E-state index in [-0.39, 0.29) is 16.4 Å². The van der Waals surface area contributed by atoms with Gasteiger partial charge in [0, 0.05) is 12.1 Å². The monoisotopic (exact) mass is 289 g/mol. The summed E-state index contributed by atoms with van der Waals surface area (Å²) in [6, 6.07) is 4.08. The molecule has 2 heterocycles. The highest BCUT2D eigenvalue weighted by Crippen LogP contribution is 2.30. The van der Waals surface area contributed by atoms with Crippen LogP contribution >= 0.6 is 11.8 Å². The summed E-state index contributed by atoms with van der Waals surface area (Å²) in [6.07, 6.45) is 1.26. The number of hydrogen-bond acceptors (Lipinski definition) is 4. The smallest absolute Gasteiger partial charge is 0.299 e. The Kier molecular flexibility index (Phi) is 3.25. The molecule has 20 heavy (non-hydrogen) atoms. The molecule has 2 aliphatic heterocycles. The average molecular weight is 289 g/mol. The van der Waals surface area contributed by atoms with Crippen LogP contribution in [0.1, 0.15) is 30.0 Å². The van der Waals surface area contributed by atoms with Crippen molar-refractivity contribution in [2.75, 3.05) is 5.32 Å². The van der Waals surface area contributed by atoms with Crippen molar-refractivity contribution in [3.05, 3.63) is 28.8 Å². The molecule has 3 rings (SSSR count). The van der Waals surface area contributed by atoms with Gasteiger partial charge in [-0.15, -0.1) is 0 Å². The maximum Gasteiger partial charge on any atom is 0.299 e. The lowest BCUT2D eigenvalue weighted by Crippen LogP contribution is -2.30. The predicted octanol–water partition coefficient (Wildman–Crippen LogP) is 2.43. The van der Waals surface area contributed by atoms with E-state index in [1.54, 1.807) is 0 Å². The summed E-state index contributed by atoms with van der Waals surface area (Å²) in [5, 5.41) is 7.00. The molecule has 2 amide bonds. The number of nitrogens with zero attached hydrogens (tertiary/aromatic N) is 1. The summed E-state index contributed by atoms with van der Waals surface area (Å²) in [5.41, 5.74) is 7.48. The number of fused-ring (bicyclic) bond motifs is 1. The van der Waals surface area contributed by atoms with Crippen LogP contribution in [0, 0.1) is 6.92 Å². The van der Waals surface area contributed by atoms with Gasteiger partial charge in [-0.25, -0.2) is 5.43 Å². The van der Waals surface area contributed by atoms with Gasteiger partial charge in [0.05, 0.1) is 11.0 Å². The molecular weight excluding hydrogens is 274 g/mol. The molecule has 0 aromatic heterocycles. The highest BCUT2D eigenvalue weighted by Gasteiger charge is 2.25. The minimum absolute atomic E-state index is 0.0272. The molecule has 0 saturated heterocycles. The fourth-order valence-corrected chi connectivity index (χ4v) is 3.29. The van der Waals surface area contributed by atoms with E-state index in [1.165, 1.54) is 11.8 Å². The van der Waals surface area contributed by atoms with Gasteiger partial charge < -0.3 is 5.32 Å². The maximum absolute atomic E-state index is 11.5. The van der Waals surface area contributed by atoms with Gasteiger partial charge in [0.1, 0.15) is 0 Å². The number of hydrazone groups is 1. The fourth-order valence-electron chi connectivity index (χ4n) is 2.57. The van der Waals surface area contributed by atoms with Crippen LogP contribution in [0.4, 0.5) is 10.5 Å². The highest BCUT2D eigenvalue weighted by molar-refractivity contribution is 8.14. The molecule has 1 aromatic carbocycles. The number of carbonyl (C=O) groups excluding carboxylic acids is 2. The minimum atomic E-state index is -0.122. The van der Waals surface area contributed by atoms with Crippen molar-refractivity contribution in [2.24, 2.45) is 5.10 Å². The molecule has 6 heteroatoms. The second kappa shape index (κ2) is 4.94. The van der Waals surface area contributed by atoms with Gasteiger partial charge in [-0.1, -0.05) is 11.8 Å². The van der Waals surface area contributed by atoms with Crippen LogP contribution in [0.15, 0.2) is 17.2 Å². The third kappa shape index (κ3) is 2.31. The molecule has 1 aromatic rings. The van der Waals surface area contributed by atoms with Crippen LogP contribution in [0.5, 0.6) is 0 Å². The number of aryl methyl sites for hydroxylation is 2. The molecule has 0 radical (unpaired) electrons. The largest absolute Gasteiger partial charge is 0.326 e. The molecular formula is C14H15N3O2S. The molecule has 5 nitrogen and oxygen atoms in total. The fraction of sp³-hybridized carbons (Fsp3) is 0.357. The average Bonchev–Trinajstić information content (AvgIpc) is 2.39. The minimum Gasteiger partial charge on any atom is -0.326 e. The zero-order chi connectivity index (χ0) is 14.3. The summed E-state index contributed by atoms with van der Waals surface area (Å²) in [4.78, 5) is 22.8. The third-order valence-electron chi connectivity index (χ3n) is 3.54. The number of nitrogens with one attached hydrogen (secondary N) is 2. The number of hydrogen-bond donors (Lipinski definition) is 2. The molecule has 1 unspecified atom stereocenters. The first-order valence-electron chi connectivity index (χ1n) is 6.52. The SMILES string of the molecule is Cc1cc(C2=NNC(=O)SC2C)cc2c1NC(=O)CC2. The van der Waals surface area contributed by atoms with E-state index < -0.39 is 0 Å². The lowest BCUT2D eigenvalue weighted by Gasteiger charge is -2.23. The lowest BCUT2D eigenvalue weighted by molar-refractivity contribution is -0.116. The third-order valence-corrected chi connectivity index (χ3v) is 4.42. The standard InChI is InChI=1S/C14H15N3O2S/c1-7-5-10(13-8(2)20-14(19)17-16-13)6-9-3-4-11(18)15-12(7)9/h5-6,8H,3-4H2,1-2H3,(H,15,18)(H,17,19). The van der Waals surface area contributed by atoms with Crippen LogP contribution in [0.2, 0.25) is 0 Å². The molecule has 104 valence electrons. The molecule has 0 spiro atoms. The highest BCUT2D eigenvalue weighted by atomic mass is 32.2. The van der Waals surface area contributed by atoms with Crippen molar-refractivity contribution >= 4 is 34.3 Å². The molecule has 0 saturated carbocycles. The van der Waals surface area contributed by atoms with Crippen LogP contribution in [-0.2, 0) is 11.2 Å². The van der Waals surface area contributed by atoms with Gasteiger partial charge in [0.25, 0.3) is 5.24 Å². The van der Waals surface area contributed by atoms with Crippen LogP contribution in [-0.4, -0.2) is 22.1 Å². The van der Waals surface area contributed by atoms with E-state index in [1.807, 2.05) is 19.9 Å². The Morgan fingerprint density at radius 1 is 1.30 bits per heavy atom. The Bertz CT molecular complexity index is 640. The van der Waals surface area contributed by atoms with Crippen molar-refractivity contribution in [1.29, 1.82) is 0 Å². The zero-order valence-electron chi connectivity index (χ0n) is 11.3. The summed E-state index contributed by atoms with van der Waals surface area (Å²) in [6.45, 7) is 3.95. The summed E-state index contributed by atoms with van der Waals surface area (Å²) in [7, 11) is 0. The van der Waals surface area contributed by atoms with E-state index in [9.17, 15) is 9.59 Å². The van der Waals surface area contributed by atoms with Crippen LogP contribution in [0.25, 0.3) is 0 Å². The number of carbonyl (C=O) groups is 2. The van der Waals surface area contributed by atoms with E-state index in [0.717, 1.165) is 34.5 Å². The number of anilines is 1. The molecule has 0 bridgehead atoms. The topological polar surface area (TPSA) is 70.6 Å². The quantitative estimate of drug-likeness (QED) is 0.834. The van der Waals surface area contributed by atoms with Crippen LogP contribution in [0.3, 0.4) is 0 Å². The molecule has 2 N–H and O–H groups in total. The first-order chi connectivity index (χ1) is 9.54. The Hall–Kier alpha value is -1.82. The van der Waals surface area contributed by atoms with Gasteiger partial charge in [0.2, 0.25) is 5.91 Å². The Morgan fingerprint density at radius 3 is 2.85 bits per heavy atom. The van der Waals surface area contributed by atoms with E-state index in [4.69, 9.17) is 0 Å². The first kappa shape index (κ1) is 13.2. The van der Waals surface area contributed by atoms with Crippen molar-refractivity contribution in [3.8, 4) is 0 Å². The van der Waals surface area contributed by atoms with Gasteiger partial charge in [-0.3, -0.25) is 9.59 Å². The Balaban J connectivity index is 2.02. The summed E-state index contributed by atoms with van der Waals surface area (Å²) >= 11 is 1.24. The van der Waals surface area contributed by atoms with Crippen LogP contribution < -0.4 is 10.7 Å². The van der Waals surface area contributed by atoms with Crippen molar-refractivity contribution in [1.82, 2.24) is 5.43 Å². The van der Waals surface area contributed by atoms with E-state index in [0.29, 0.717) is 6.42 Å². The first-order valence-corrected chi connectivity index (χ1v) is 7.40.